The molecule has 1 aromatic rings. The number of anilines is 2. The fourth-order valence-electron chi connectivity index (χ4n) is 2.00. The standard InChI is InChI=1S/C13H22N4O/c1-4-14-13-15-9-10(2)12(16-13)17(7-8-18-3)11-5-6-11/h9,11H,4-8H2,1-3H3,(H,14,15,16). The van der Waals surface area contributed by atoms with Gasteiger partial charge in [-0.3, -0.25) is 0 Å². The average molecular weight is 250 g/mol. The van der Waals surface area contributed by atoms with E-state index in [-0.39, 0.29) is 0 Å². The van der Waals surface area contributed by atoms with Crippen molar-refractivity contribution in [2.45, 2.75) is 32.7 Å². The molecule has 0 spiro atoms. The van der Waals surface area contributed by atoms with E-state index in [1.165, 1.54) is 12.8 Å². The Hall–Kier alpha value is -1.36. The summed E-state index contributed by atoms with van der Waals surface area (Å²) in [5.74, 6) is 1.75. The van der Waals surface area contributed by atoms with Gasteiger partial charge in [-0.1, -0.05) is 0 Å². The number of hydrogen-bond acceptors (Lipinski definition) is 5. The molecule has 0 aromatic carbocycles. The summed E-state index contributed by atoms with van der Waals surface area (Å²) < 4.78 is 5.19. The number of aryl methyl sites for hydroxylation is 1. The minimum Gasteiger partial charge on any atom is -0.383 e. The quantitative estimate of drug-likeness (QED) is 0.800. The zero-order chi connectivity index (χ0) is 13.0. The maximum Gasteiger partial charge on any atom is 0.224 e. The molecule has 0 atom stereocenters. The number of rotatable bonds is 7. The molecule has 1 heterocycles. The van der Waals surface area contributed by atoms with Gasteiger partial charge in [-0.2, -0.15) is 4.98 Å². The summed E-state index contributed by atoms with van der Waals surface area (Å²) in [5, 5.41) is 3.17. The molecule has 0 aliphatic heterocycles. The van der Waals surface area contributed by atoms with E-state index in [0.29, 0.717) is 12.0 Å². The molecule has 0 unspecified atom stereocenters. The summed E-state index contributed by atoms with van der Waals surface area (Å²) in [6.45, 7) is 6.57. The number of hydrogen-bond donors (Lipinski definition) is 1. The zero-order valence-electron chi connectivity index (χ0n) is 11.4. The SMILES string of the molecule is CCNc1ncc(C)c(N(CCOC)C2CC2)n1. The van der Waals surface area contributed by atoms with Crippen molar-refractivity contribution in [3.8, 4) is 0 Å². The Kier molecular flexibility index (Phi) is 4.36. The van der Waals surface area contributed by atoms with E-state index >= 15 is 0 Å². The van der Waals surface area contributed by atoms with Gasteiger partial charge in [0, 0.05) is 38.0 Å². The monoisotopic (exact) mass is 250 g/mol. The van der Waals surface area contributed by atoms with Crippen molar-refractivity contribution in [3.05, 3.63) is 11.8 Å². The highest BCUT2D eigenvalue weighted by Crippen LogP contribution is 2.32. The minimum absolute atomic E-state index is 0.628. The summed E-state index contributed by atoms with van der Waals surface area (Å²) >= 11 is 0. The molecule has 1 aliphatic rings. The van der Waals surface area contributed by atoms with Crippen LogP contribution in [0.3, 0.4) is 0 Å². The second-order valence-corrected chi connectivity index (χ2v) is 4.65. The topological polar surface area (TPSA) is 50.3 Å². The molecular formula is C13H22N4O. The van der Waals surface area contributed by atoms with Gasteiger partial charge in [0.1, 0.15) is 5.82 Å². The van der Waals surface area contributed by atoms with E-state index in [0.717, 1.165) is 31.1 Å². The summed E-state index contributed by atoms with van der Waals surface area (Å²) in [4.78, 5) is 11.3. The lowest BCUT2D eigenvalue weighted by atomic mass is 10.3. The minimum atomic E-state index is 0.628. The normalized spacial score (nSPS) is 14.6. The van der Waals surface area contributed by atoms with Crippen LogP contribution >= 0.6 is 0 Å². The first-order valence-corrected chi connectivity index (χ1v) is 6.59. The molecule has 18 heavy (non-hydrogen) atoms. The lowest BCUT2D eigenvalue weighted by Crippen LogP contribution is -2.31. The molecule has 5 nitrogen and oxygen atoms in total. The lowest BCUT2D eigenvalue weighted by molar-refractivity contribution is 0.204. The molecule has 2 rings (SSSR count). The van der Waals surface area contributed by atoms with Gasteiger partial charge in [0.15, 0.2) is 0 Å². The van der Waals surface area contributed by atoms with Crippen molar-refractivity contribution in [2.24, 2.45) is 0 Å². The van der Waals surface area contributed by atoms with Crippen LogP contribution in [0.1, 0.15) is 25.3 Å². The van der Waals surface area contributed by atoms with Gasteiger partial charge < -0.3 is 15.0 Å². The van der Waals surface area contributed by atoms with Gasteiger partial charge in [0.05, 0.1) is 6.61 Å². The highest BCUT2D eigenvalue weighted by Gasteiger charge is 2.30. The van der Waals surface area contributed by atoms with Crippen molar-refractivity contribution >= 4 is 11.8 Å². The maximum absolute atomic E-state index is 5.19. The van der Waals surface area contributed by atoms with E-state index in [1.54, 1.807) is 7.11 Å². The molecule has 1 fully saturated rings. The van der Waals surface area contributed by atoms with Crippen LogP contribution in [0.5, 0.6) is 0 Å². The third-order valence-corrected chi connectivity index (χ3v) is 3.08. The van der Waals surface area contributed by atoms with Gasteiger partial charge in [0.25, 0.3) is 0 Å². The Morgan fingerprint density at radius 3 is 2.89 bits per heavy atom. The second-order valence-electron chi connectivity index (χ2n) is 4.65. The Morgan fingerprint density at radius 1 is 1.50 bits per heavy atom. The largest absolute Gasteiger partial charge is 0.383 e. The highest BCUT2D eigenvalue weighted by atomic mass is 16.5. The molecule has 0 bridgehead atoms. The fraction of sp³-hybridized carbons (Fsp3) is 0.692. The average Bonchev–Trinajstić information content (AvgIpc) is 3.18. The molecule has 0 saturated heterocycles. The summed E-state index contributed by atoms with van der Waals surface area (Å²) in [6.07, 6.45) is 4.40. The molecule has 1 aliphatic carbocycles. The Balaban J connectivity index is 2.19. The summed E-state index contributed by atoms with van der Waals surface area (Å²) in [6, 6.07) is 0.628. The predicted octanol–water partition coefficient (Wildman–Crippen LogP) is 1.83. The molecule has 1 aromatic heterocycles. The van der Waals surface area contributed by atoms with Crippen molar-refractivity contribution in [1.29, 1.82) is 0 Å². The van der Waals surface area contributed by atoms with Crippen LogP contribution in [0, 0.1) is 6.92 Å². The van der Waals surface area contributed by atoms with Crippen LogP contribution in [-0.4, -0.2) is 42.8 Å². The third-order valence-electron chi connectivity index (χ3n) is 3.08. The van der Waals surface area contributed by atoms with Crippen molar-refractivity contribution in [3.63, 3.8) is 0 Å². The fourth-order valence-corrected chi connectivity index (χ4v) is 2.00. The number of ether oxygens (including phenoxy) is 1. The summed E-state index contributed by atoms with van der Waals surface area (Å²) in [5.41, 5.74) is 1.12. The Bertz CT molecular complexity index is 393. The number of aromatic nitrogens is 2. The van der Waals surface area contributed by atoms with E-state index in [2.05, 4.69) is 27.1 Å². The van der Waals surface area contributed by atoms with E-state index in [9.17, 15) is 0 Å². The first-order valence-electron chi connectivity index (χ1n) is 6.59. The van der Waals surface area contributed by atoms with E-state index < -0.39 is 0 Å². The third kappa shape index (κ3) is 3.10. The zero-order valence-corrected chi connectivity index (χ0v) is 11.4. The highest BCUT2D eigenvalue weighted by molar-refractivity contribution is 5.50. The van der Waals surface area contributed by atoms with Crippen molar-refractivity contribution < 1.29 is 4.74 Å². The Labute approximate surface area is 109 Å². The van der Waals surface area contributed by atoms with Crippen LogP contribution in [-0.2, 0) is 4.74 Å². The number of nitrogens with zero attached hydrogens (tertiary/aromatic N) is 3. The van der Waals surface area contributed by atoms with Gasteiger partial charge >= 0.3 is 0 Å². The smallest absolute Gasteiger partial charge is 0.224 e. The van der Waals surface area contributed by atoms with E-state index in [4.69, 9.17) is 4.74 Å². The lowest BCUT2D eigenvalue weighted by Gasteiger charge is -2.25. The van der Waals surface area contributed by atoms with Crippen LogP contribution in [0.2, 0.25) is 0 Å². The molecule has 1 saturated carbocycles. The summed E-state index contributed by atoms with van der Waals surface area (Å²) in [7, 11) is 1.74. The van der Waals surface area contributed by atoms with Crippen LogP contribution in [0.15, 0.2) is 6.20 Å². The Morgan fingerprint density at radius 2 is 2.28 bits per heavy atom. The van der Waals surface area contributed by atoms with Crippen LogP contribution < -0.4 is 10.2 Å². The van der Waals surface area contributed by atoms with Crippen molar-refractivity contribution in [1.82, 2.24) is 9.97 Å². The predicted molar refractivity (Wildman–Crippen MR) is 73.2 cm³/mol. The molecular weight excluding hydrogens is 228 g/mol. The molecule has 5 heteroatoms. The first kappa shape index (κ1) is 13.1. The van der Waals surface area contributed by atoms with Gasteiger partial charge in [-0.15, -0.1) is 0 Å². The van der Waals surface area contributed by atoms with Gasteiger partial charge in [-0.25, -0.2) is 4.98 Å². The number of methoxy groups -OCH3 is 1. The van der Waals surface area contributed by atoms with Gasteiger partial charge in [0.2, 0.25) is 5.95 Å². The molecule has 0 radical (unpaired) electrons. The second kappa shape index (κ2) is 6.00. The van der Waals surface area contributed by atoms with Crippen LogP contribution in [0.4, 0.5) is 11.8 Å². The van der Waals surface area contributed by atoms with E-state index in [1.807, 2.05) is 13.1 Å². The molecule has 0 amide bonds. The van der Waals surface area contributed by atoms with Gasteiger partial charge in [-0.05, 0) is 26.7 Å². The molecule has 100 valence electrons. The molecule has 1 N–H and O–H groups in total. The maximum atomic E-state index is 5.19. The first-order chi connectivity index (χ1) is 8.76. The van der Waals surface area contributed by atoms with Crippen LogP contribution in [0.25, 0.3) is 0 Å². The number of nitrogens with one attached hydrogen (secondary N) is 1. The van der Waals surface area contributed by atoms with Crippen molar-refractivity contribution in [2.75, 3.05) is 37.0 Å².